The van der Waals surface area contributed by atoms with Gasteiger partial charge in [0.05, 0.1) is 10.6 Å². The Morgan fingerprint density at radius 2 is 2.06 bits per heavy atom. The number of carbonyl (C=O) groups is 1. The zero-order valence-electron chi connectivity index (χ0n) is 16.8. The Labute approximate surface area is 185 Å². The summed E-state index contributed by atoms with van der Waals surface area (Å²) in [6.07, 6.45) is 2.39. The SMILES string of the molecule is O=C(Nc1cc(-c2cccs2)nn1-c1nc2c(c(=O)[nH]1)CCC2)c1cc2ccccc2o1. The summed E-state index contributed by atoms with van der Waals surface area (Å²) in [7, 11) is 0. The molecule has 158 valence electrons. The van der Waals surface area contributed by atoms with Gasteiger partial charge in [0.25, 0.3) is 11.5 Å². The van der Waals surface area contributed by atoms with Gasteiger partial charge in [0.2, 0.25) is 5.95 Å². The maximum Gasteiger partial charge on any atom is 0.292 e. The minimum Gasteiger partial charge on any atom is -0.451 e. The van der Waals surface area contributed by atoms with Crippen molar-refractivity contribution in [1.29, 1.82) is 0 Å². The molecule has 6 rings (SSSR count). The molecule has 1 aliphatic rings. The molecule has 1 aromatic carbocycles. The van der Waals surface area contributed by atoms with Gasteiger partial charge >= 0.3 is 0 Å². The zero-order chi connectivity index (χ0) is 21.7. The van der Waals surface area contributed by atoms with Crippen molar-refractivity contribution in [2.75, 3.05) is 5.32 Å². The minimum atomic E-state index is -0.413. The number of nitrogens with zero attached hydrogens (tertiary/aromatic N) is 3. The summed E-state index contributed by atoms with van der Waals surface area (Å²) < 4.78 is 7.16. The molecule has 0 bridgehead atoms. The summed E-state index contributed by atoms with van der Waals surface area (Å²) in [6.45, 7) is 0. The van der Waals surface area contributed by atoms with Gasteiger partial charge in [-0.2, -0.15) is 9.78 Å². The number of amides is 1. The Kier molecular flexibility index (Phi) is 4.29. The van der Waals surface area contributed by atoms with Crippen LogP contribution >= 0.6 is 11.3 Å². The number of furan rings is 1. The van der Waals surface area contributed by atoms with Crippen molar-refractivity contribution < 1.29 is 9.21 Å². The van der Waals surface area contributed by atoms with Crippen molar-refractivity contribution >= 4 is 34.0 Å². The molecule has 4 aromatic heterocycles. The van der Waals surface area contributed by atoms with Crippen LogP contribution in [0.5, 0.6) is 0 Å². The number of aryl methyl sites for hydroxylation is 1. The molecule has 4 heterocycles. The fourth-order valence-electron chi connectivity index (χ4n) is 3.98. The van der Waals surface area contributed by atoms with Gasteiger partial charge in [-0.15, -0.1) is 11.3 Å². The number of rotatable bonds is 4. The lowest BCUT2D eigenvalue weighted by Gasteiger charge is -2.08. The number of H-pyrrole nitrogens is 1. The highest BCUT2D eigenvalue weighted by Crippen LogP contribution is 2.28. The normalized spacial score (nSPS) is 12.9. The van der Waals surface area contributed by atoms with E-state index in [-0.39, 0.29) is 17.3 Å². The molecular weight excluding hydrogens is 426 g/mol. The van der Waals surface area contributed by atoms with E-state index in [1.54, 1.807) is 12.1 Å². The Hall–Kier alpha value is -3.98. The first kappa shape index (κ1) is 18.8. The first-order valence-electron chi connectivity index (χ1n) is 10.2. The predicted molar refractivity (Wildman–Crippen MR) is 121 cm³/mol. The number of aromatic amines is 1. The number of carbonyl (C=O) groups excluding carboxylic acids is 1. The third kappa shape index (κ3) is 3.14. The average molecular weight is 443 g/mol. The van der Waals surface area contributed by atoms with Crippen molar-refractivity contribution in [3.63, 3.8) is 0 Å². The summed E-state index contributed by atoms with van der Waals surface area (Å²) in [5.74, 6) is 0.439. The fraction of sp³-hybridized carbons (Fsp3) is 0.130. The van der Waals surface area contributed by atoms with Crippen molar-refractivity contribution in [1.82, 2.24) is 19.7 Å². The molecular formula is C23H17N5O3S. The third-order valence-corrected chi connectivity index (χ3v) is 6.40. The summed E-state index contributed by atoms with van der Waals surface area (Å²) in [6, 6.07) is 14.8. The second kappa shape index (κ2) is 7.31. The molecule has 0 fully saturated rings. The van der Waals surface area contributed by atoms with E-state index in [9.17, 15) is 9.59 Å². The molecule has 2 N–H and O–H groups in total. The van der Waals surface area contributed by atoms with Crippen LogP contribution in [-0.2, 0) is 12.8 Å². The lowest BCUT2D eigenvalue weighted by atomic mass is 10.2. The van der Waals surface area contributed by atoms with Crippen LogP contribution in [0, 0.1) is 0 Å². The third-order valence-electron chi connectivity index (χ3n) is 5.50. The molecule has 0 unspecified atom stereocenters. The van der Waals surface area contributed by atoms with Crippen LogP contribution in [0.2, 0.25) is 0 Å². The van der Waals surface area contributed by atoms with Crippen LogP contribution in [0.3, 0.4) is 0 Å². The van der Waals surface area contributed by atoms with E-state index in [1.165, 1.54) is 16.0 Å². The molecule has 0 saturated heterocycles. The molecule has 1 aliphatic carbocycles. The van der Waals surface area contributed by atoms with Crippen LogP contribution in [0.1, 0.15) is 28.2 Å². The van der Waals surface area contributed by atoms with Gasteiger partial charge in [-0.1, -0.05) is 24.3 Å². The number of fused-ring (bicyclic) bond motifs is 2. The van der Waals surface area contributed by atoms with Crippen LogP contribution in [0.15, 0.2) is 63.1 Å². The van der Waals surface area contributed by atoms with E-state index in [2.05, 4.69) is 20.4 Å². The van der Waals surface area contributed by atoms with E-state index in [1.807, 2.05) is 41.8 Å². The average Bonchev–Trinajstić information content (AvgIpc) is 3.59. The van der Waals surface area contributed by atoms with E-state index >= 15 is 0 Å². The summed E-state index contributed by atoms with van der Waals surface area (Å²) in [5, 5.41) is 10.3. The molecule has 0 atom stereocenters. The van der Waals surface area contributed by atoms with Crippen molar-refractivity contribution in [2.24, 2.45) is 0 Å². The first-order valence-corrected chi connectivity index (χ1v) is 11.1. The number of nitrogens with one attached hydrogen (secondary N) is 2. The molecule has 1 amide bonds. The smallest absolute Gasteiger partial charge is 0.292 e. The van der Waals surface area contributed by atoms with Gasteiger partial charge < -0.3 is 9.73 Å². The number of hydrogen-bond acceptors (Lipinski definition) is 6. The molecule has 32 heavy (non-hydrogen) atoms. The second-order valence-corrected chi connectivity index (χ2v) is 8.52. The molecule has 9 heteroatoms. The van der Waals surface area contributed by atoms with Gasteiger partial charge in [0.15, 0.2) is 5.76 Å². The minimum absolute atomic E-state index is 0.162. The fourth-order valence-corrected chi connectivity index (χ4v) is 4.66. The van der Waals surface area contributed by atoms with Crippen molar-refractivity contribution in [2.45, 2.75) is 19.3 Å². The van der Waals surface area contributed by atoms with Gasteiger partial charge in [0.1, 0.15) is 17.1 Å². The van der Waals surface area contributed by atoms with Crippen LogP contribution in [0.4, 0.5) is 5.82 Å². The van der Waals surface area contributed by atoms with Gasteiger partial charge in [0, 0.05) is 17.0 Å². The Bertz CT molecular complexity index is 1490. The van der Waals surface area contributed by atoms with Crippen LogP contribution in [-0.4, -0.2) is 25.7 Å². The van der Waals surface area contributed by atoms with Crippen LogP contribution < -0.4 is 10.9 Å². The number of thiophene rings is 1. The quantitative estimate of drug-likeness (QED) is 0.434. The maximum atomic E-state index is 13.0. The largest absolute Gasteiger partial charge is 0.451 e. The predicted octanol–water partition coefficient (Wildman–Crippen LogP) is 4.17. The van der Waals surface area contributed by atoms with E-state index in [0.29, 0.717) is 17.1 Å². The summed E-state index contributed by atoms with van der Waals surface area (Å²) in [4.78, 5) is 33.9. The highest BCUT2D eigenvalue weighted by Gasteiger charge is 2.22. The van der Waals surface area contributed by atoms with Gasteiger partial charge in [-0.25, -0.2) is 4.98 Å². The summed E-state index contributed by atoms with van der Waals surface area (Å²) >= 11 is 1.54. The number of para-hydroxylation sites is 1. The molecule has 5 aromatic rings. The Morgan fingerprint density at radius 1 is 1.16 bits per heavy atom. The number of aromatic nitrogens is 4. The standard InChI is InChI=1S/C23H17N5O3S/c29-21-14-6-3-7-15(14)24-23(26-21)28-20(12-16(27-28)19-9-4-10-32-19)25-22(30)18-11-13-5-1-2-8-17(13)31-18/h1-2,4-5,8-12H,3,6-7H2,(H,25,30)(H,24,26,29). The van der Waals surface area contributed by atoms with E-state index < -0.39 is 5.91 Å². The Morgan fingerprint density at radius 3 is 2.91 bits per heavy atom. The van der Waals surface area contributed by atoms with Crippen LogP contribution in [0.25, 0.3) is 27.5 Å². The van der Waals surface area contributed by atoms with Gasteiger partial charge in [-0.05, 0) is 42.8 Å². The lowest BCUT2D eigenvalue weighted by Crippen LogP contribution is -2.21. The second-order valence-electron chi connectivity index (χ2n) is 7.57. The van der Waals surface area contributed by atoms with Gasteiger partial charge in [-0.3, -0.25) is 14.6 Å². The van der Waals surface area contributed by atoms with Crippen molar-refractivity contribution in [3.05, 3.63) is 81.3 Å². The number of anilines is 1. The maximum absolute atomic E-state index is 13.0. The number of hydrogen-bond donors (Lipinski definition) is 2. The highest BCUT2D eigenvalue weighted by molar-refractivity contribution is 7.13. The monoisotopic (exact) mass is 443 g/mol. The zero-order valence-corrected chi connectivity index (χ0v) is 17.6. The van der Waals surface area contributed by atoms with E-state index in [0.717, 1.165) is 40.8 Å². The molecule has 0 radical (unpaired) electrons. The molecule has 0 spiro atoms. The summed E-state index contributed by atoms with van der Waals surface area (Å²) in [5.41, 5.74) is 2.65. The molecule has 0 aliphatic heterocycles. The number of benzene rings is 1. The highest BCUT2D eigenvalue weighted by atomic mass is 32.1. The van der Waals surface area contributed by atoms with Crippen molar-refractivity contribution in [3.8, 4) is 16.5 Å². The lowest BCUT2D eigenvalue weighted by molar-refractivity contribution is 0.0998. The molecule has 0 saturated carbocycles. The van der Waals surface area contributed by atoms with E-state index in [4.69, 9.17) is 4.42 Å². The topological polar surface area (TPSA) is 106 Å². The molecule has 8 nitrogen and oxygen atoms in total. The Balaban J connectivity index is 1.43. The first-order chi connectivity index (χ1) is 15.7.